The lowest BCUT2D eigenvalue weighted by molar-refractivity contribution is -0.141. The van der Waals surface area contributed by atoms with Gasteiger partial charge in [0.05, 0.1) is 18.1 Å². The fraction of sp³-hybridized carbons (Fsp3) is 0.346. The zero-order valence-electron chi connectivity index (χ0n) is 20.5. The molecule has 3 heterocycles. The van der Waals surface area contributed by atoms with Crippen molar-refractivity contribution in [3.8, 4) is 11.1 Å². The second-order valence-corrected chi connectivity index (χ2v) is 10.4. The Morgan fingerprint density at radius 3 is 2.70 bits per heavy atom. The standard InChI is InChI=1S/C26H25ClF3N5OS/c1-5-35-14-19(24(32-35)26(28,29)30)17-10-7-6-9-16(17)18-13-34(21(36)11-8-12-33(3)4)15-20-22(18)23(27)25(31-2)37-20/h6-11,14,18H,5,12-13,15H2,1,3-4H3/b11-8+/t18-/m0/s1. The quantitative estimate of drug-likeness (QED) is 0.263. The molecule has 0 fully saturated rings. The summed E-state index contributed by atoms with van der Waals surface area (Å²) in [6.45, 7) is 10.6. The molecule has 1 aromatic carbocycles. The molecule has 6 nitrogen and oxygen atoms in total. The van der Waals surface area contributed by atoms with Crippen LogP contribution in [0.3, 0.4) is 0 Å². The summed E-state index contributed by atoms with van der Waals surface area (Å²) in [6, 6.07) is 6.83. The highest BCUT2D eigenvalue weighted by Crippen LogP contribution is 2.50. The number of thiophene rings is 1. The summed E-state index contributed by atoms with van der Waals surface area (Å²) in [5.41, 5.74) is 0.668. The molecule has 0 unspecified atom stereocenters. The SMILES string of the molecule is [C-]#[N+]c1sc2c(c1Cl)[C@H](c1ccccc1-c1cn(CC)nc1C(F)(F)F)CN(C(=O)/C=C/CN(C)C)C2. The number of alkyl halides is 3. The molecule has 37 heavy (non-hydrogen) atoms. The van der Waals surface area contributed by atoms with Crippen LogP contribution in [0.1, 0.15) is 34.5 Å². The lowest BCUT2D eigenvalue weighted by atomic mass is 9.83. The molecule has 2 aromatic heterocycles. The number of aryl methyl sites for hydroxylation is 1. The first-order chi connectivity index (χ1) is 17.5. The second kappa shape index (κ2) is 10.7. The van der Waals surface area contributed by atoms with Gasteiger partial charge < -0.3 is 9.80 Å². The van der Waals surface area contributed by atoms with Crippen LogP contribution >= 0.6 is 22.9 Å². The van der Waals surface area contributed by atoms with Crippen LogP contribution in [0.2, 0.25) is 5.02 Å². The van der Waals surface area contributed by atoms with E-state index in [1.54, 1.807) is 42.2 Å². The van der Waals surface area contributed by atoms with Gasteiger partial charge in [0, 0.05) is 48.3 Å². The maximum atomic E-state index is 14.0. The van der Waals surface area contributed by atoms with Gasteiger partial charge in [0.1, 0.15) is 0 Å². The Balaban J connectivity index is 1.85. The number of nitrogens with zero attached hydrogens (tertiary/aromatic N) is 5. The van der Waals surface area contributed by atoms with E-state index in [0.717, 1.165) is 4.88 Å². The van der Waals surface area contributed by atoms with Crippen molar-refractivity contribution in [3.63, 3.8) is 0 Å². The third kappa shape index (κ3) is 5.44. The predicted octanol–water partition coefficient (Wildman–Crippen LogP) is 6.45. The highest BCUT2D eigenvalue weighted by atomic mass is 35.5. The van der Waals surface area contributed by atoms with Crippen LogP contribution in [-0.4, -0.2) is 52.7 Å². The Morgan fingerprint density at radius 1 is 1.32 bits per heavy atom. The Bertz CT molecular complexity index is 1390. The predicted molar refractivity (Wildman–Crippen MR) is 139 cm³/mol. The Labute approximate surface area is 222 Å². The number of carbonyl (C=O) groups excluding carboxylic acids is 1. The largest absolute Gasteiger partial charge is 0.435 e. The number of hydrogen-bond donors (Lipinski definition) is 0. The van der Waals surface area contributed by atoms with Gasteiger partial charge in [0.25, 0.3) is 5.00 Å². The zero-order valence-corrected chi connectivity index (χ0v) is 22.1. The van der Waals surface area contributed by atoms with E-state index in [0.29, 0.717) is 33.3 Å². The van der Waals surface area contributed by atoms with Gasteiger partial charge in [-0.2, -0.15) is 29.6 Å². The summed E-state index contributed by atoms with van der Waals surface area (Å²) in [6.07, 6.45) is 0.0305. The molecule has 11 heteroatoms. The number of amides is 1. The van der Waals surface area contributed by atoms with Crippen LogP contribution in [0.25, 0.3) is 16.0 Å². The number of likely N-dealkylation sites (N-methyl/N-ethyl adjacent to an activating group) is 1. The first-order valence-corrected chi connectivity index (χ1v) is 12.8. The molecule has 4 rings (SSSR count). The zero-order chi connectivity index (χ0) is 26.9. The van der Waals surface area contributed by atoms with Gasteiger partial charge in [0.2, 0.25) is 5.91 Å². The van der Waals surface area contributed by atoms with Gasteiger partial charge in [-0.15, -0.1) is 0 Å². The van der Waals surface area contributed by atoms with Gasteiger partial charge in [-0.1, -0.05) is 41.9 Å². The summed E-state index contributed by atoms with van der Waals surface area (Å²) in [4.78, 5) is 20.9. The van der Waals surface area contributed by atoms with Crippen LogP contribution in [-0.2, 0) is 24.1 Å². The minimum Gasteiger partial charge on any atom is -0.333 e. The normalized spacial score (nSPS) is 15.9. The molecule has 0 N–H and O–H groups in total. The molecule has 1 aliphatic heterocycles. The van der Waals surface area contributed by atoms with Crippen molar-refractivity contribution in [2.75, 3.05) is 27.2 Å². The number of carbonyl (C=O) groups is 1. The maximum absolute atomic E-state index is 14.0. The Hall–Kier alpha value is -3.13. The summed E-state index contributed by atoms with van der Waals surface area (Å²) in [5, 5.41) is 4.39. The van der Waals surface area contributed by atoms with Gasteiger partial charge in [-0.3, -0.25) is 9.48 Å². The highest BCUT2D eigenvalue weighted by Gasteiger charge is 2.40. The number of benzene rings is 1. The number of aromatic nitrogens is 2. The van der Waals surface area contributed by atoms with Gasteiger partial charge in [-0.25, -0.2) is 4.85 Å². The minimum absolute atomic E-state index is 0.0300. The lowest BCUT2D eigenvalue weighted by Gasteiger charge is -2.34. The van der Waals surface area contributed by atoms with E-state index in [-0.39, 0.29) is 31.1 Å². The van der Waals surface area contributed by atoms with Crippen LogP contribution < -0.4 is 0 Å². The smallest absolute Gasteiger partial charge is 0.333 e. The van der Waals surface area contributed by atoms with Crippen LogP contribution in [0, 0.1) is 6.57 Å². The average Bonchev–Trinajstić information content (AvgIpc) is 3.44. The second-order valence-electron chi connectivity index (χ2n) is 8.94. The fourth-order valence-corrected chi connectivity index (χ4v) is 5.98. The molecule has 1 amide bonds. The Kier molecular flexibility index (Phi) is 7.78. The van der Waals surface area contributed by atoms with Gasteiger partial charge in [-0.05, 0) is 37.7 Å². The topological polar surface area (TPSA) is 45.7 Å². The van der Waals surface area contributed by atoms with Gasteiger partial charge in [0.15, 0.2) is 5.69 Å². The lowest BCUT2D eigenvalue weighted by Crippen LogP contribution is -2.37. The molecule has 0 saturated heterocycles. The van der Waals surface area contributed by atoms with Crippen LogP contribution in [0.15, 0.2) is 42.6 Å². The van der Waals surface area contributed by atoms with E-state index in [1.165, 1.54) is 28.3 Å². The summed E-state index contributed by atoms with van der Waals surface area (Å²) in [5.74, 6) is -0.727. The fourth-order valence-electron chi connectivity index (χ4n) is 4.47. The summed E-state index contributed by atoms with van der Waals surface area (Å²) in [7, 11) is 3.79. The average molecular weight is 548 g/mol. The molecule has 0 saturated carbocycles. The molecule has 1 atom stereocenters. The van der Waals surface area contributed by atoms with Gasteiger partial charge >= 0.3 is 6.18 Å². The maximum Gasteiger partial charge on any atom is 0.435 e. The molecular formula is C26H25ClF3N5OS. The van der Waals surface area contributed by atoms with Crippen molar-refractivity contribution in [2.24, 2.45) is 0 Å². The first kappa shape index (κ1) is 26.9. The molecule has 1 aliphatic rings. The van der Waals surface area contributed by atoms with Crippen molar-refractivity contribution in [2.45, 2.75) is 32.1 Å². The number of fused-ring (bicyclic) bond motifs is 1. The number of halogens is 4. The molecule has 0 spiro atoms. The van der Waals surface area contributed by atoms with Crippen molar-refractivity contribution in [1.82, 2.24) is 19.6 Å². The molecule has 3 aromatic rings. The Morgan fingerprint density at radius 2 is 2.05 bits per heavy atom. The summed E-state index contributed by atoms with van der Waals surface area (Å²) < 4.78 is 43.1. The van der Waals surface area contributed by atoms with E-state index in [1.807, 2.05) is 19.0 Å². The van der Waals surface area contributed by atoms with Crippen molar-refractivity contribution < 1.29 is 18.0 Å². The van der Waals surface area contributed by atoms with Crippen LogP contribution in [0.4, 0.5) is 18.2 Å². The molecule has 194 valence electrons. The van der Waals surface area contributed by atoms with E-state index < -0.39 is 17.8 Å². The summed E-state index contributed by atoms with van der Waals surface area (Å²) >= 11 is 7.86. The van der Waals surface area contributed by atoms with E-state index >= 15 is 0 Å². The molecule has 0 bridgehead atoms. The van der Waals surface area contributed by atoms with E-state index in [2.05, 4.69) is 9.94 Å². The third-order valence-corrected chi connectivity index (χ3v) is 7.73. The molecule has 0 aliphatic carbocycles. The number of hydrogen-bond acceptors (Lipinski definition) is 4. The van der Waals surface area contributed by atoms with E-state index in [4.69, 9.17) is 18.2 Å². The van der Waals surface area contributed by atoms with Crippen molar-refractivity contribution in [3.05, 3.63) is 80.8 Å². The van der Waals surface area contributed by atoms with Crippen molar-refractivity contribution in [1.29, 1.82) is 0 Å². The first-order valence-electron chi connectivity index (χ1n) is 11.6. The molecular weight excluding hydrogens is 523 g/mol. The molecule has 0 radical (unpaired) electrons. The van der Waals surface area contributed by atoms with Crippen LogP contribution in [0.5, 0.6) is 0 Å². The minimum atomic E-state index is -4.64. The van der Waals surface area contributed by atoms with Crippen molar-refractivity contribution >= 4 is 33.8 Å². The monoisotopic (exact) mass is 547 g/mol. The highest BCUT2D eigenvalue weighted by molar-refractivity contribution is 7.17. The number of rotatable bonds is 6. The van der Waals surface area contributed by atoms with E-state index in [9.17, 15) is 18.0 Å². The third-order valence-electron chi connectivity index (χ3n) is 6.16.